The maximum absolute atomic E-state index is 13.3. The normalized spacial score (nSPS) is 17.8. The number of pyridine rings is 1. The molecule has 0 saturated carbocycles. The van der Waals surface area contributed by atoms with Gasteiger partial charge >= 0.3 is 0 Å². The number of piperidine rings is 1. The number of aliphatic imine (C=N–C) groups is 1. The van der Waals surface area contributed by atoms with Gasteiger partial charge in [-0.2, -0.15) is 0 Å². The predicted octanol–water partition coefficient (Wildman–Crippen LogP) is 2.89. The van der Waals surface area contributed by atoms with E-state index in [9.17, 15) is 4.39 Å². The van der Waals surface area contributed by atoms with Crippen molar-refractivity contribution in [1.29, 1.82) is 0 Å². The van der Waals surface area contributed by atoms with Crippen molar-refractivity contribution in [3.8, 4) is 0 Å². The number of nitrogens with one attached hydrogen (secondary N) is 2. The van der Waals surface area contributed by atoms with Crippen LogP contribution in [0.1, 0.15) is 24.2 Å². The predicted molar refractivity (Wildman–Crippen MR) is 121 cm³/mol. The van der Waals surface area contributed by atoms with Crippen molar-refractivity contribution in [3.05, 3.63) is 64.8 Å². The molecule has 1 saturated heterocycles. The summed E-state index contributed by atoms with van der Waals surface area (Å²) in [5, 5.41) is 15.8. The van der Waals surface area contributed by atoms with E-state index in [1.54, 1.807) is 13.1 Å². The molecule has 0 radical (unpaired) electrons. The minimum absolute atomic E-state index is 0.285. The van der Waals surface area contributed by atoms with Gasteiger partial charge in [-0.1, -0.05) is 23.7 Å². The highest BCUT2D eigenvalue weighted by Crippen LogP contribution is 2.21. The fraction of sp³-hybridized carbons (Fsp3) is 0.409. The van der Waals surface area contributed by atoms with Crippen molar-refractivity contribution in [2.45, 2.75) is 31.8 Å². The molecule has 1 aromatic carbocycles. The number of aromatic nitrogens is 3. The SMILES string of the molecule is CN=C(NCCc1nnc2ccccn12)NC1CCCN(Cc2ccc(F)cc2Cl)C1. The Kier molecular flexibility index (Phi) is 6.99. The molecule has 2 aromatic heterocycles. The van der Waals surface area contributed by atoms with E-state index in [1.807, 2.05) is 28.8 Å². The number of fused-ring (bicyclic) bond motifs is 1. The lowest BCUT2D eigenvalue weighted by atomic mass is 10.0. The van der Waals surface area contributed by atoms with Gasteiger partial charge in [-0.15, -0.1) is 10.2 Å². The van der Waals surface area contributed by atoms with E-state index in [0.717, 1.165) is 55.3 Å². The van der Waals surface area contributed by atoms with Crippen LogP contribution in [-0.4, -0.2) is 58.2 Å². The van der Waals surface area contributed by atoms with Gasteiger partial charge in [0.05, 0.1) is 0 Å². The molecule has 0 bridgehead atoms. The van der Waals surface area contributed by atoms with Gasteiger partial charge in [-0.3, -0.25) is 14.3 Å². The molecule has 1 fully saturated rings. The van der Waals surface area contributed by atoms with Crippen molar-refractivity contribution in [1.82, 2.24) is 30.1 Å². The van der Waals surface area contributed by atoms with Gasteiger partial charge in [0.2, 0.25) is 0 Å². The molecule has 164 valence electrons. The van der Waals surface area contributed by atoms with Crippen molar-refractivity contribution in [2.75, 3.05) is 26.7 Å². The Morgan fingerprint density at radius 1 is 1.29 bits per heavy atom. The summed E-state index contributed by atoms with van der Waals surface area (Å²) in [5.74, 6) is 1.39. The van der Waals surface area contributed by atoms with Crippen LogP contribution in [0.5, 0.6) is 0 Å². The standard InChI is InChI=1S/C22H27ClFN7/c1-25-22(26-10-9-21-29-28-20-6-2-3-12-31(20)21)27-18-5-4-11-30(15-18)14-16-7-8-17(24)13-19(16)23/h2-3,6-8,12-13,18H,4-5,9-11,14-15H2,1H3,(H2,25,26,27). The molecule has 3 aromatic rings. The maximum Gasteiger partial charge on any atom is 0.191 e. The summed E-state index contributed by atoms with van der Waals surface area (Å²) >= 11 is 6.21. The number of hydrogen-bond donors (Lipinski definition) is 2. The van der Waals surface area contributed by atoms with Gasteiger partial charge in [0, 0.05) is 50.4 Å². The van der Waals surface area contributed by atoms with Crippen LogP contribution in [0, 0.1) is 5.82 Å². The zero-order chi connectivity index (χ0) is 21.6. The van der Waals surface area contributed by atoms with Gasteiger partial charge in [0.25, 0.3) is 0 Å². The third kappa shape index (κ3) is 5.51. The van der Waals surface area contributed by atoms with E-state index in [4.69, 9.17) is 11.6 Å². The van der Waals surface area contributed by atoms with E-state index in [-0.39, 0.29) is 11.9 Å². The Balaban J connectivity index is 1.27. The van der Waals surface area contributed by atoms with Crippen LogP contribution in [0.2, 0.25) is 5.02 Å². The quantitative estimate of drug-likeness (QED) is 0.453. The fourth-order valence-electron chi connectivity index (χ4n) is 3.95. The molecule has 9 heteroatoms. The highest BCUT2D eigenvalue weighted by molar-refractivity contribution is 6.31. The first-order valence-electron chi connectivity index (χ1n) is 10.5. The Morgan fingerprint density at radius 3 is 3.03 bits per heavy atom. The number of halogens is 2. The zero-order valence-electron chi connectivity index (χ0n) is 17.6. The summed E-state index contributed by atoms with van der Waals surface area (Å²) in [6.07, 6.45) is 4.87. The third-order valence-electron chi connectivity index (χ3n) is 5.50. The molecule has 0 spiro atoms. The van der Waals surface area contributed by atoms with Crippen LogP contribution in [0.15, 0.2) is 47.6 Å². The highest BCUT2D eigenvalue weighted by atomic mass is 35.5. The second kappa shape index (κ2) is 10.1. The Morgan fingerprint density at radius 2 is 2.19 bits per heavy atom. The molecule has 0 aliphatic carbocycles. The second-order valence-electron chi connectivity index (χ2n) is 7.75. The van der Waals surface area contributed by atoms with Crippen LogP contribution in [0.25, 0.3) is 5.65 Å². The summed E-state index contributed by atoms with van der Waals surface area (Å²) in [6.45, 7) is 3.29. The number of rotatable bonds is 6. The van der Waals surface area contributed by atoms with Crippen molar-refractivity contribution >= 4 is 23.2 Å². The van der Waals surface area contributed by atoms with Crippen LogP contribution < -0.4 is 10.6 Å². The monoisotopic (exact) mass is 443 g/mol. The van der Waals surface area contributed by atoms with Crippen LogP contribution >= 0.6 is 11.6 Å². The number of likely N-dealkylation sites (tertiary alicyclic amines) is 1. The van der Waals surface area contributed by atoms with E-state index in [1.165, 1.54) is 12.1 Å². The molecule has 7 nitrogen and oxygen atoms in total. The molecule has 1 unspecified atom stereocenters. The van der Waals surface area contributed by atoms with Gasteiger partial charge < -0.3 is 10.6 Å². The molecule has 1 atom stereocenters. The Hall–Kier alpha value is -2.71. The second-order valence-corrected chi connectivity index (χ2v) is 8.16. The molecule has 2 N–H and O–H groups in total. The first-order valence-corrected chi connectivity index (χ1v) is 10.9. The summed E-state index contributed by atoms with van der Waals surface area (Å²) in [5.41, 5.74) is 1.80. The summed E-state index contributed by atoms with van der Waals surface area (Å²) in [6, 6.07) is 10.8. The fourth-order valence-corrected chi connectivity index (χ4v) is 4.18. The van der Waals surface area contributed by atoms with E-state index in [2.05, 4.69) is 30.7 Å². The molecular formula is C22H27ClFN7. The summed E-state index contributed by atoms with van der Waals surface area (Å²) < 4.78 is 15.3. The average Bonchev–Trinajstić information content (AvgIpc) is 3.18. The molecule has 1 aliphatic heterocycles. The Labute approximate surface area is 186 Å². The summed E-state index contributed by atoms with van der Waals surface area (Å²) in [7, 11) is 1.78. The van der Waals surface area contributed by atoms with Gasteiger partial charge in [-0.05, 0) is 49.2 Å². The molecular weight excluding hydrogens is 417 g/mol. The van der Waals surface area contributed by atoms with E-state index in [0.29, 0.717) is 18.1 Å². The Bertz CT molecular complexity index is 1050. The molecule has 3 heterocycles. The van der Waals surface area contributed by atoms with Crippen LogP contribution in [0.4, 0.5) is 4.39 Å². The van der Waals surface area contributed by atoms with E-state index >= 15 is 0 Å². The average molecular weight is 444 g/mol. The lowest BCUT2D eigenvalue weighted by Gasteiger charge is -2.34. The molecule has 1 aliphatic rings. The molecule has 4 rings (SSSR count). The lowest BCUT2D eigenvalue weighted by molar-refractivity contribution is 0.192. The van der Waals surface area contributed by atoms with Crippen LogP contribution in [0.3, 0.4) is 0 Å². The first kappa shape index (κ1) is 21.5. The zero-order valence-corrected chi connectivity index (χ0v) is 18.3. The van der Waals surface area contributed by atoms with Gasteiger partial charge in [0.15, 0.2) is 11.6 Å². The van der Waals surface area contributed by atoms with Gasteiger partial charge in [-0.25, -0.2) is 4.39 Å². The smallest absolute Gasteiger partial charge is 0.191 e. The van der Waals surface area contributed by atoms with Gasteiger partial charge in [0.1, 0.15) is 11.6 Å². The van der Waals surface area contributed by atoms with Crippen molar-refractivity contribution < 1.29 is 4.39 Å². The number of benzene rings is 1. The largest absolute Gasteiger partial charge is 0.356 e. The topological polar surface area (TPSA) is 69.8 Å². The first-order chi connectivity index (χ1) is 15.1. The lowest BCUT2D eigenvalue weighted by Crippen LogP contribution is -2.51. The van der Waals surface area contributed by atoms with Crippen LogP contribution in [-0.2, 0) is 13.0 Å². The number of hydrogen-bond acceptors (Lipinski definition) is 4. The third-order valence-corrected chi connectivity index (χ3v) is 5.86. The van der Waals surface area contributed by atoms with E-state index < -0.39 is 0 Å². The highest BCUT2D eigenvalue weighted by Gasteiger charge is 2.21. The number of nitrogens with zero attached hydrogens (tertiary/aromatic N) is 5. The van der Waals surface area contributed by atoms with Crippen molar-refractivity contribution in [2.24, 2.45) is 4.99 Å². The molecule has 31 heavy (non-hydrogen) atoms. The minimum atomic E-state index is -0.305. The summed E-state index contributed by atoms with van der Waals surface area (Å²) in [4.78, 5) is 6.71. The number of guanidine groups is 1. The maximum atomic E-state index is 13.3. The molecule has 0 amide bonds. The minimum Gasteiger partial charge on any atom is -0.356 e. The van der Waals surface area contributed by atoms with Crippen molar-refractivity contribution in [3.63, 3.8) is 0 Å².